The molecule has 22 heavy (non-hydrogen) atoms. The van der Waals surface area contributed by atoms with Gasteiger partial charge in [-0.25, -0.2) is 4.79 Å². The zero-order valence-corrected chi connectivity index (χ0v) is 14.4. The summed E-state index contributed by atoms with van der Waals surface area (Å²) >= 11 is 0. The second-order valence-corrected chi connectivity index (χ2v) is 7.18. The summed E-state index contributed by atoms with van der Waals surface area (Å²) in [4.78, 5) is 14.3. The van der Waals surface area contributed by atoms with Gasteiger partial charge in [-0.15, -0.1) is 0 Å². The number of carbonyl (C=O) groups excluding carboxylic acids is 1. The Kier molecular flexibility index (Phi) is 6.50. The quantitative estimate of drug-likeness (QED) is 0.868. The van der Waals surface area contributed by atoms with E-state index < -0.39 is 0 Å². The number of carbonyl (C=O) groups is 1. The third-order valence-electron chi connectivity index (χ3n) is 5.44. The third kappa shape index (κ3) is 4.85. The molecule has 0 aromatic heterocycles. The molecule has 1 heterocycles. The number of rotatable bonds is 4. The first-order valence-corrected chi connectivity index (χ1v) is 8.65. The Bertz CT molecular complexity index is 354. The molecule has 5 nitrogen and oxygen atoms in total. The van der Waals surface area contributed by atoms with Crippen LogP contribution in [0.1, 0.15) is 51.9 Å². The molecule has 2 amide bonds. The largest absolute Gasteiger partial charge is 0.381 e. The molecule has 0 bridgehead atoms. The van der Waals surface area contributed by atoms with Crippen LogP contribution in [0.5, 0.6) is 0 Å². The van der Waals surface area contributed by atoms with Crippen molar-refractivity contribution >= 4 is 6.03 Å². The number of nitrogens with one attached hydrogen (secondary N) is 1. The molecule has 128 valence electrons. The number of hydrogen-bond donors (Lipinski definition) is 1. The topological polar surface area (TPSA) is 50.8 Å². The van der Waals surface area contributed by atoms with Crippen LogP contribution >= 0.6 is 0 Å². The summed E-state index contributed by atoms with van der Waals surface area (Å²) in [7, 11) is 3.55. The summed E-state index contributed by atoms with van der Waals surface area (Å²) in [6.45, 7) is 4.69. The molecular formula is C17H32N2O3. The van der Waals surface area contributed by atoms with Gasteiger partial charge in [-0.05, 0) is 50.4 Å². The molecule has 1 aliphatic carbocycles. The van der Waals surface area contributed by atoms with E-state index in [1.165, 1.54) is 0 Å². The first-order valence-electron chi connectivity index (χ1n) is 8.65. The van der Waals surface area contributed by atoms with Crippen LogP contribution in [0.2, 0.25) is 0 Å². The first-order chi connectivity index (χ1) is 10.6. The standard InChI is InChI=1S/C17H32N2O3/c1-17(9-6-15(22-3)7-10-17)13-18-16(20)19-11-4-5-14(21-2)8-12-19/h14-15H,4-13H2,1-3H3,(H,18,20). The van der Waals surface area contributed by atoms with Crippen molar-refractivity contribution in [2.45, 2.75) is 64.1 Å². The Hall–Kier alpha value is -0.810. The van der Waals surface area contributed by atoms with Gasteiger partial charge in [-0.3, -0.25) is 0 Å². The van der Waals surface area contributed by atoms with Crippen LogP contribution in [0.4, 0.5) is 4.79 Å². The molecule has 1 saturated carbocycles. The van der Waals surface area contributed by atoms with E-state index in [0.29, 0.717) is 12.2 Å². The smallest absolute Gasteiger partial charge is 0.317 e. The molecule has 1 atom stereocenters. The molecular weight excluding hydrogens is 280 g/mol. The summed E-state index contributed by atoms with van der Waals surface area (Å²) in [6.07, 6.45) is 8.17. The molecule has 1 unspecified atom stereocenters. The van der Waals surface area contributed by atoms with Gasteiger partial charge < -0.3 is 19.7 Å². The number of amides is 2. The van der Waals surface area contributed by atoms with Gasteiger partial charge in [0.05, 0.1) is 12.2 Å². The number of hydrogen-bond acceptors (Lipinski definition) is 3. The summed E-state index contributed by atoms with van der Waals surface area (Å²) in [5.74, 6) is 0. The summed E-state index contributed by atoms with van der Waals surface area (Å²) in [5.41, 5.74) is 0.214. The van der Waals surface area contributed by atoms with Crippen molar-refractivity contribution in [3.05, 3.63) is 0 Å². The van der Waals surface area contributed by atoms with Crippen molar-refractivity contribution in [3.8, 4) is 0 Å². The minimum absolute atomic E-state index is 0.0897. The lowest BCUT2D eigenvalue weighted by Gasteiger charge is -2.37. The second kappa shape index (κ2) is 8.16. The number of nitrogens with zero attached hydrogens (tertiary/aromatic N) is 1. The van der Waals surface area contributed by atoms with E-state index in [1.807, 2.05) is 4.90 Å². The monoisotopic (exact) mass is 312 g/mol. The van der Waals surface area contributed by atoms with Crippen molar-refractivity contribution in [1.82, 2.24) is 10.2 Å². The van der Waals surface area contributed by atoms with Crippen LogP contribution < -0.4 is 5.32 Å². The highest BCUT2D eigenvalue weighted by Gasteiger charge is 2.32. The molecule has 2 aliphatic rings. The van der Waals surface area contributed by atoms with E-state index in [9.17, 15) is 4.79 Å². The van der Waals surface area contributed by atoms with Crippen LogP contribution in [0, 0.1) is 5.41 Å². The van der Waals surface area contributed by atoms with Gasteiger partial charge in [0.25, 0.3) is 0 Å². The highest BCUT2D eigenvalue weighted by Crippen LogP contribution is 2.36. The van der Waals surface area contributed by atoms with E-state index in [1.54, 1.807) is 14.2 Å². The molecule has 1 saturated heterocycles. The van der Waals surface area contributed by atoms with Gasteiger partial charge in [0, 0.05) is 33.9 Å². The lowest BCUT2D eigenvalue weighted by molar-refractivity contribution is 0.0329. The molecule has 1 aliphatic heterocycles. The number of ether oxygens (including phenoxy) is 2. The van der Waals surface area contributed by atoms with E-state index in [-0.39, 0.29) is 11.4 Å². The predicted octanol–water partition coefficient (Wildman–Crippen LogP) is 2.79. The maximum Gasteiger partial charge on any atom is 0.317 e. The van der Waals surface area contributed by atoms with Crippen molar-refractivity contribution < 1.29 is 14.3 Å². The van der Waals surface area contributed by atoms with E-state index in [4.69, 9.17) is 9.47 Å². The van der Waals surface area contributed by atoms with Crippen molar-refractivity contribution in [2.75, 3.05) is 33.9 Å². The molecule has 2 rings (SSSR count). The lowest BCUT2D eigenvalue weighted by atomic mass is 9.74. The van der Waals surface area contributed by atoms with Gasteiger partial charge >= 0.3 is 6.03 Å². The summed E-state index contributed by atoms with van der Waals surface area (Å²) < 4.78 is 10.9. The molecule has 1 N–H and O–H groups in total. The fourth-order valence-electron chi connectivity index (χ4n) is 3.61. The molecule has 0 radical (unpaired) electrons. The summed E-state index contributed by atoms with van der Waals surface area (Å²) in [6, 6.07) is 0.0897. The lowest BCUT2D eigenvalue weighted by Crippen LogP contribution is -2.45. The van der Waals surface area contributed by atoms with Gasteiger partial charge in [-0.2, -0.15) is 0 Å². The van der Waals surface area contributed by atoms with Crippen LogP contribution in [0.25, 0.3) is 0 Å². The van der Waals surface area contributed by atoms with Crippen LogP contribution in [-0.4, -0.2) is 57.0 Å². The molecule has 0 spiro atoms. The molecule has 5 heteroatoms. The number of methoxy groups -OCH3 is 2. The Morgan fingerprint density at radius 2 is 1.73 bits per heavy atom. The van der Waals surface area contributed by atoms with Gasteiger partial charge in [-0.1, -0.05) is 6.92 Å². The maximum absolute atomic E-state index is 12.4. The first kappa shape index (κ1) is 17.5. The summed E-state index contributed by atoms with van der Waals surface area (Å²) in [5, 5.41) is 3.16. The Morgan fingerprint density at radius 1 is 1.09 bits per heavy atom. The van der Waals surface area contributed by atoms with Crippen LogP contribution in [0.15, 0.2) is 0 Å². The minimum atomic E-state index is 0.0897. The molecule has 0 aromatic rings. The normalized spacial score (nSPS) is 33.3. The molecule has 0 aromatic carbocycles. The Labute approximate surface area is 134 Å². The maximum atomic E-state index is 12.4. The Balaban J connectivity index is 1.75. The van der Waals surface area contributed by atoms with E-state index >= 15 is 0 Å². The molecule has 2 fully saturated rings. The average Bonchev–Trinajstić information content (AvgIpc) is 2.79. The van der Waals surface area contributed by atoms with Crippen LogP contribution in [-0.2, 0) is 9.47 Å². The van der Waals surface area contributed by atoms with Crippen molar-refractivity contribution in [2.24, 2.45) is 5.41 Å². The van der Waals surface area contributed by atoms with Crippen molar-refractivity contribution in [1.29, 1.82) is 0 Å². The van der Waals surface area contributed by atoms with Crippen LogP contribution in [0.3, 0.4) is 0 Å². The fraction of sp³-hybridized carbons (Fsp3) is 0.941. The number of likely N-dealkylation sites (tertiary alicyclic amines) is 1. The predicted molar refractivity (Wildman–Crippen MR) is 87.0 cm³/mol. The van der Waals surface area contributed by atoms with Gasteiger partial charge in [0.15, 0.2) is 0 Å². The third-order valence-corrected chi connectivity index (χ3v) is 5.44. The average molecular weight is 312 g/mol. The second-order valence-electron chi connectivity index (χ2n) is 7.18. The Morgan fingerprint density at radius 3 is 2.36 bits per heavy atom. The van der Waals surface area contributed by atoms with Crippen molar-refractivity contribution in [3.63, 3.8) is 0 Å². The SMILES string of the molecule is COC1CCCN(C(=O)NCC2(C)CCC(OC)CC2)CC1. The number of urea groups is 1. The highest BCUT2D eigenvalue weighted by atomic mass is 16.5. The fourth-order valence-corrected chi connectivity index (χ4v) is 3.61. The zero-order chi connectivity index (χ0) is 16.0. The minimum Gasteiger partial charge on any atom is -0.381 e. The van der Waals surface area contributed by atoms with Gasteiger partial charge in [0.2, 0.25) is 0 Å². The van der Waals surface area contributed by atoms with Gasteiger partial charge in [0.1, 0.15) is 0 Å². The van der Waals surface area contributed by atoms with E-state index in [2.05, 4.69) is 12.2 Å². The van der Waals surface area contributed by atoms with E-state index in [0.717, 1.165) is 64.6 Å². The zero-order valence-electron chi connectivity index (χ0n) is 14.4. The highest BCUT2D eigenvalue weighted by molar-refractivity contribution is 5.74.